The van der Waals surface area contributed by atoms with E-state index >= 15 is 0 Å². The molecule has 0 radical (unpaired) electrons. The van der Waals surface area contributed by atoms with E-state index in [1.807, 2.05) is 18.2 Å². The molecule has 0 amide bonds. The minimum absolute atomic E-state index is 0.811. The predicted octanol–water partition coefficient (Wildman–Crippen LogP) is 3.85. The van der Waals surface area contributed by atoms with E-state index in [-0.39, 0.29) is 0 Å². The normalized spacial score (nSPS) is 10.0. The van der Waals surface area contributed by atoms with E-state index in [1.165, 1.54) is 9.99 Å². The zero-order chi connectivity index (χ0) is 9.52. The lowest BCUT2D eigenvalue weighted by Gasteiger charge is -2.06. The van der Waals surface area contributed by atoms with Crippen molar-refractivity contribution in [3.8, 4) is 5.75 Å². The summed E-state index contributed by atoms with van der Waals surface area (Å²) in [5.41, 5.74) is 0. The molecule has 1 rings (SSSR count). The second-order valence-corrected chi connectivity index (χ2v) is 4.63. The third-order valence-electron chi connectivity index (χ3n) is 1.62. The Kier molecular flexibility index (Phi) is 5.78. The first-order valence-corrected chi connectivity index (χ1v) is 6.48. The first-order chi connectivity index (χ1) is 6.34. The zero-order valence-corrected chi connectivity index (χ0v) is 11.0. The Hall–Kier alpha value is 0.230. The first-order valence-electron chi connectivity index (χ1n) is 4.28. The monoisotopic (exact) mass is 354 g/mol. The van der Waals surface area contributed by atoms with Gasteiger partial charge in [-0.05, 0) is 47.6 Å². The molecule has 13 heavy (non-hydrogen) atoms. The lowest BCUT2D eigenvalue weighted by atomic mass is 10.3. The van der Waals surface area contributed by atoms with Crippen LogP contribution in [0.25, 0.3) is 0 Å². The highest BCUT2D eigenvalue weighted by molar-refractivity contribution is 14.1. The fraction of sp³-hybridized carbons (Fsp3) is 0.400. The van der Waals surface area contributed by atoms with Crippen LogP contribution in [-0.2, 0) is 0 Å². The number of halogens is 2. The van der Waals surface area contributed by atoms with Gasteiger partial charge in [0.25, 0.3) is 0 Å². The SMILES string of the molecule is BrCCCCOc1ccccc1I. The van der Waals surface area contributed by atoms with Gasteiger partial charge in [-0.15, -0.1) is 0 Å². The first kappa shape index (κ1) is 11.3. The average Bonchev–Trinajstić information content (AvgIpc) is 2.15. The number of alkyl halides is 1. The van der Waals surface area contributed by atoms with Crippen molar-refractivity contribution in [1.82, 2.24) is 0 Å². The molecule has 0 N–H and O–H groups in total. The van der Waals surface area contributed by atoms with Gasteiger partial charge in [-0.25, -0.2) is 0 Å². The summed E-state index contributed by atoms with van der Waals surface area (Å²) < 4.78 is 6.79. The molecule has 0 saturated heterocycles. The Morgan fingerprint density at radius 1 is 1.23 bits per heavy atom. The van der Waals surface area contributed by atoms with E-state index in [0.29, 0.717) is 0 Å². The van der Waals surface area contributed by atoms with Crippen molar-refractivity contribution >= 4 is 38.5 Å². The fourth-order valence-corrected chi connectivity index (χ4v) is 1.88. The van der Waals surface area contributed by atoms with Gasteiger partial charge in [0.1, 0.15) is 5.75 Å². The highest BCUT2D eigenvalue weighted by Crippen LogP contribution is 2.19. The third kappa shape index (κ3) is 4.31. The Morgan fingerprint density at radius 3 is 2.69 bits per heavy atom. The van der Waals surface area contributed by atoms with Crippen LogP contribution >= 0.6 is 38.5 Å². The van der Waals surface area contributed by atoms with Crippen LogP contribution in [0.15, 0.2) is 24.3 Å². The Bertz CT molecular complexity index is 252. The van der Waals surface area contributed by atoms with Crippen LogP contribution in [0, 0.1) is 3.57 Å². The van der Waals surface area contributed by atoms with Gasteiger partial charge in [0.2, 0.25) is 0 Å². The summed E-state index contributed by atoms with van der Waals surface area (Å²) in [7, 11) is 0. The minimum Gasteiger partial charge on any atom is -0.492 e. The molecule has 1 nitrogen and oxygen atoms in total. The molecule has 0 saturated carbocycles. The molecule has 0 aromatic heterocycles. The van der Waals surface area contributed by atoms with Gasteiger partial charge in [0.15, 0.2) is 0 Å². The molecule has 1 aromatic rings. The standard InChI is InChI=1S/C10H12BrIO/c11-7-3-4-8-13-10-6-2-1-5-9(10)12/h1-2,5-6H,3-4,7-8H2. The average molecular weight is 355 g/mol. The van der Waals surface area contributed by atoms with Crippen LogP contribution in [0.2, 0.25) is 0 Å². The maximum Gasteiger partial charge on any atom is 0.132 e. The molecule has 0 atom stereocenters. The van der Waals surface area contributed by atoms with Crippen LogP contribution in [-0.4, -0.2) is 11.9 Å². The highest BCUT2D eigenvalue weighted by atomic mass is 127. The van der Waals surface area contributed by atoms with Gasteiger partial charge in [0, 0.05) is 5.33 Å². The van der Waals surface area contributed by atoms with Crippen molar-refractivity contribution in [3.05, 3.63) is 27.8 Å². The van der Waals surface area contributed by atoms with Crippen LogP contribution in [0.5, 0.6) is 5.75 Å². The second-order valence-electron chi connectivity index (χ2n) is 2.67. The van der Waals surface area contributed by atoms with Crippen molar-refractivity contribution < 1.29 is 4.74 Å². The number of para-hydroxylation sites is 1. The number of hydrogen-bond acceptors (Lipinski definition) is 1. The van der Waals surface area contributed by atoms with Gasteiger partial charge in [-0.1, -0.05) is 28.1 Å². The number of rotatable bonds is 5. The largest absolute Gasteiger partial charge is 0.492 e. The third-order valence-corrected chi connectivity index (χ3v) is 3.07. The molecule has 3 heteroatoms. The van der Waals surface area contributed by atoms with Gasteiger partial charge >= 0.3 is 0 Å². The van der Waals surface area contributed by atoms with Crippen LogP contribution < -0.4 is 4.74 Å². The lowest BCUT2D eigenvalue weighted by molar-refractivity contribution is 0.308. The van der Waals surface area contributed by atoms with E-state index in [2.05, 4.69) is 44.6 Å². The quantitative estimate of drug-likeness (QED) is 0.443. The van der Waals surface area contributed by atoms with E-state index < -0.39 is 0 Å². The molecular formula is C10H12BrIO. The zero-order valence-electron chi connectivity index (χ0n) is 7.30. The summed E-state index contributed by atoms with van der Waals surface area (Å²) in [4.78, 5) is 0. The van der Waals surface area contributed by atoms with Crippen LogP contribution in [0.1, 0.15) is 12.8 Å². The Balaban J connectivity index is 2.32. The number of benzene rings is 1. The highest BCUT2D eigenvalue weighted by Gasteiger charge is 1.97. The van der Waals surface area contributed by atoms with Crippen molar-refractivity contribution in [2.24, 2.45) is 0 Å². The smallest absolute Gasteiger partial charge is 0.132 e. The molecule has 0 spiro atoms. The molecular weight excluding hydrogens is 343 g/mol. The maximum absolute atomic E-state index is 5.61. The summed E-state index contributed by atoms with van der Waals surface area (Å²) in [6, 6.07) is 8.09. The van der Waals surface area contributed by atoms with Gasteiger partial charge in [0.05, 0.1) is 10.2 Å². The summed E-state index contributed by atoms with van der Waals surface area (Å²) in [6.45, 7) is 0.811. The minimum atomic E-state index is 0.811. The van der Waals surface area contributed by atoms with Crippen molar-refractivity contribution in [3.63, 3.8) is 0 Å². The molecule has 0 bridgehead atoms. The number of unbranched alkanes of at least 4 members (excludes halogenated alkanes) is 1. The molecule has 0 aliphatic heterocycles. The predicted molar refractivity (Wildman–Crippen MR) is 67.7 cm³/mol. The van der Waals surface area contributed by atoms with E-state index in [1.54, 1.807) is 0 Å². The van der Waals surface area contributed by atoms with Crippen LogP contribution in [0.3, 0.4) is 0 Å². The second kappa shape index (κ2) is 6.65. The van der Waals surface area contributed by atoms with Crippen molar-refractivity contribution in [2.45, 2.75) is 12.8 Å². The van der Waals surface area contributed by atoms with Gasteiger partial charge < -0.3 is 4.74 Å². The van der Waals surface area contributed by atoms with Gasteiger partial charge in [-0.2, -0.15) is 0 Å². The summed E-state index contributed by atoms with van der Waals surface area (Å²) in [5.74, 6) is 0.998. The summed E-state index contributed by atoms with van der Waals surface area (Å²) >= 11 is 5.68. The number of ether oxygens (including phenoxy) is 1. The number of hydrogen-bond donors (Lipinski definition) is 0. The molecule has 1 aromatic carbocycles. The molecule has 0 fully saturated rings. The Labute approximate surface area is 101 Å². The molecule has 0 aliphatic carbocycles. The van der Waals surface area contributed by atoms with E-state index in [9.17, 15) is 0 Å². The maximum atomic E-state index is 5.61. The molecule has 72 valence electrons. The van der Waals surface area contributed by atoms with Crippen molar-refractivity contribution in [1.29, 1.82) is 0 Å². The van der Waals surface area contributed by atoms with Gasteiger partial charge in [-0.3, -0.25) is 0 Å². The van der Waals surface area contributed by atoms with E-state index in [4.69, 9.17) is 4.74 Å². The van der Waals surface area contributed by atoms with Crippen molar-refractivity contribution in [2.75, 3.05) is 11.9 Å². The lowest BCUT2D eigenvalue weighted by Crippen LogP contribution is -1.98. The molecule has 0 unspecified atom stereocenters. The topological polar surface area (TPSA) is 9.23 Å². The Morgan fingerprint density at radius 2 is 2.00 bits per heavy atom. The van der Waals surface area contributed by atoms with E-state index in [0.717, 1.165) is 24.1 Å². The molecule has 0 aliphatic rings. The fourth-order valence-electron chi connectivity index (χ4n) is 0.940. The summed E-state index contributed by atoms with van der Waals surface area (Å²) in [5, 5.41) is 1.06. The molecule has 0 heterocycles. The summed E-state index contributed by atoms with van der Waals surface area (Å²) in [6.07, 6.45) is 2.28. The van der Waals surface area contributed by atoms with Crippen LogP contribution in [0.4, 0.5) is 0 Å².